The molecule has 0 saturated carbocycles. The molecule has 0 aliphatic rings. The Morgan fingerprint density at radius 3 is 2.36 bits per heavy atom. The first kappa shape index (κ1) is 17.0. The Hall–Kier alpha value is -2.81. The van der Waals surface area contributed by atoms with E-state index in [1.807, 2.05) is 0 Å². The van der Waals surface area contributed by atoms with E-state index in [1.165, 1.54) is 29.1 Å². The summed E-state index contributed by atoms with van der Waals surface area (Å²) in [6.45, 7) is 0.313. The molecule has 0 spiro atoms. The molecule has 3 rings (SSSR count). The maximum absolute atomic E-state index is 13.2. The van der Waals surface area contributed by atoms with Gasteiger partial charge in [-0.3, -0.25) is 9.40 Å². The molecule has 0 radical (unpaired) electrons. The SMILES string of the molecule is O=S(=O)(Nc1ccn(Cc2ccc(F)cc2)n1)c1ccc(F)c(F)c1. The highest BCUT2D eigenvalue weighted by Crippen LogP contribution is 2.17. The monoisotopic (exact) mass is 367 g/mol. The van der Waals surface area contributed by atoms with Crippen LogP contribution >= 0.6 is 0 Å². The Morgan fingerprint density at radius 1 is 0.960 bits per heavy atom. The van der Waals surface area contributed by atoms with Gasteiger partial charge in [-0.1, -0.05) is 12.1 Å². The first-order valence-corrected chi connectivity index (χ1v) is 8.57. The summed E-state index contributed by atoms with van der Waals surface area (Å²) in [5.74, 6) is -2.73. The lowest BCUT2D eigenvalue weighted by Crippen LogP contribution is -2.14. The molecule has 0 atom stereocenters. The van der Waals surface area contributed by atoms with Crippen LogP contribution in [0, 0.1) is 17.5 Å². The zero-order chi connectivity index (χ0) is 18.0. The van der Waals surface area contributed by atoms with E-state index in [0.717, 1.165) is 17.7 Å². The number of hydrogen-bond acceptors (Lipinski definition) is 3. The van der Waals surface area contributed by atoms with Crippen molar-refractivity contribution in [1.29, 1.82) is 0 Å². The molecule has 130 valence electrons. The van der Waals surface area contributed by atoms with Crippen molar-refractivity contribution in [1.82, 2.24) is 9.78 Å². The number of nitrogens with one attached hydrogen (secondary N) is 1. The fourth-order valence-corrected chi connectivity index (χ4v) is 3.13. The van der Waals surface area contributed by atoms with Gasteiger partial charge in [0.25, 0.3) is 10.0 Å². The maximum atomic E-state index is 13.2. The molecule has 5 nitrogen and oxygen atoms in total. The second kappa shape index (κ2) is 6.60. The molecule has 0 aliphatic carbocycles. The molecule has 25 heavy (non-hydrogen) atoms. The van der Waals surface area contributed by atoms with Crippen molar-refractivity contribution in [3.8, 4) is 0 Å². The van der Waals surface area contributed by atoms with Crippen LogP contribution in [0.3, 0.4) is 0 Å². The van der Waals surface area contributed by atoms with Crippen LogP contribution in [0.15, 0.2) is 59.6 Å². The average Bonchev–Trinajstić information content (AvgIpc) is 2.98. The summed E-state index contributed by atoms with van der Waals surface area (Å²) in [6.07, 6.45) is 1.53. The lowest BCUT2D eigenvalue weighted by Gasteiger charge is -2.06. The van der Waals surface area contributed by atoms with Crippen LogP contribution in [0.5, 0.6) is 0 Å². The zero-order valence-electron chi connectivity index (χ0n) is 12.7. The van der Waals surface area contributed by atoms with Crippen molar-refractivity contribution >= 4 is 15.8 Å². The lowest BCUT2D eigenvalue weighted by atomic mass is 10.2. The number of nitrogens with zero attached hydrogens (tertiary/aromatic N) is 2. The molecule has 3 aromatic rings. The summed E-state index contributed by atoms with van der Waals surface area (Å²) in [5, 5.41) is 4.04. The first-order chi connectivity index (χ1) is 11.8. The summed E-state index contributed by atoms with van der Waals surface area (Å²) >= 11 is 0. The van der Waals surface area contributed by atoms with E-state index in [4.69, 9.17) is 0 Å². The van der Waals surface area contributed by atoms with Gasteiger partial charge in [0.2, 0.25) is 0 Å². The normalized spacial score (nSPS) is 11.5. The first-order valence-electron chi connectivity index (χ1n) is 7.09. The van der Waals surface area contributed by atoms with E-state index < -0.39 is 26.6 Å². The van der Waals surface area contributed by atoms with Crippen LogP contribution in [0.1, 0.15) is 5.56 Å². The molecule has 0 unspecified atom stereocenters. The van der Waals surface area contributed by atoms with Gasteiger partial charge in [-0.15, -0.1) is 0 Å². The van der Waals surface area contributed by atoms with Gasteiger partial charge in [0.15, 0.2) is 17.5 Å². The Labute approximate surface area is 141 Å². The Balaban J connectivity index is 1.75. The zero-order valence-corrected chi connectivity index (χ0v) is 13.5. The highest BCUT2D eigenvalue weighted by atomic mass is 32.2. The minimum Gasteiger partial charge on any atom is -0.266 e. The summed E-state index contributed by atoms with van der Waals surface area (Å²) in [4.78, 5) is -0.417. The van der Waals surface area contributed by atoms with E-state index in [-0.39, 0.29) is 11.6 Å². The van der Waals surface area contributed by atoms with Crippen LogP contribution in [0.2, 0.25) is 0 Å². The van der Waals surface area contributed by atoms with E-state index in [9.17, 15) is 21.6 Å². The molecule has 0 bridgehead atoms. The molecular formula is C16H12F3N3O2S. The largest absolute Gasteiger partial charge is 0.266 e. The van der Waals surface area contributed by atoms with Crippen LogP contribution in [-0.4, -0.2) is 18.2 Å². The number of benzene rings is 2. The van der Waals surface area contributed by atoms with Gasteiger partial charge in [-0.05, 0) is 35.9 Å². The maximum Gasteiger partial charge on any atom is 0.263 e. The summed E-state index contributed by atoms with van der Waals surface area (Å²) in [5.41, 5.74) is 0.777. The molecule has 2 aromatic carbocycles. The second-order valence-electron chi connectivity index (χ2n) is 5.21. The van der Waals surface area contributed by atoms with Crippen LogP contribution in [-0.2, 0) is 16.6 Å². The molecule has 0 amide bonds. The molecule has 1 N–H and O–H groups in total. The Morgan fingerprint density at radius 2 is 1.68 bits per heavy atom. The third-order valence-electron chi connectivity index (χ3n) is 3.34. The van der Waals surface area contributed by atoms with Gasteiger partial charge in [0.05, 0.1) is 11.4 Å². The van der Waals surface area contributed by atoms with Crippen molar-refractivity contribution in [2.75, 3.05) is 4.72 Å². The van der Waals surface area contributed by atoms with Crippen LogP contribution in [0.25, 0.3) is 0 Å². The Kier molecular flexibility index (Phi) is 4.49. The number of halogens is 3. The van der Waals surface area contributed by atoms with Gasteiger partial charge in [-0.25, -0.2) is 21.6 Å². The van der Waals surface area contributed by atoms with E-state index in [0.29, 0.717) is 12.6 Å². The minimum absolute atomic E-state index is 0.0202. The third kappa shape index (κ3) is 4.00. The summed E-state index contributed by atoms with van der Waals surface area (Å²) in [7, 11) is -4.10. The predicted molar refractivity (Wildman–Crippen MR) is 84.9 cm³/mol. The molecule has 0 aliphatic heterocycles. The van der Waals surface area contributed by atoms with Crippen molar-refractivity contribution < 1.29 is 21.6 Å². The fraction of sp³-hybridized carbons (Fsp3) is 0.0625. The standard InChI is InChI=1S/C16H12F3N3O2S/c17-12-3-1-11(2-4-12)10-22-8-7-16(20-22)21-25(23,24)13-5-6-14(18)15(19)9-13/h1-9H,10H2,(H,20,21). The van der Waals surface area contributed by atoms with Gasteiger partial charge in [0, 0.05) is 12.3 Å². The van der Waals surface area contributed by atoms with Crippen molar-refractivity contribution in [3.05, 3.63) is 77.7 Å². The minimum atomic E-state index is -4.10. The van der Waals surface area contributed by atoms with E-state index in [2.05, 4.69) is 9.82 Å². The highest BCUT2D eigenvalue weighted by Gasteiger charge is 2.17. The smallest absolute Gasteiger partial charge is 0.263 e. The quantitative estimate of drug-likeness (QED) is 0.754. The molecule has 9 heteroatoms. The topological polar surface area (TPSA) is 64.0 Å². The third-order valence-corrected chi connectivity index (χ3v) is 4.69. The summed E-state index contributed by atoms with van der Waals surface area (Å²) in [6, 6.07) is 9.49. The average molecular weight is 367 g/mol. The van der Waals surface area contributed by atoms with E-state index in [1.54, 1.807) is 12.1 Å². The molecule has 1 heterocycles. The lowest BCUT2D eigenvalue weighted by molar-refractivity contribution is 0.504. The number of hydrogen-bond donors (Lipinski definition) is 1. The number of sulfonamides is 1. The van der Waals surface area contributed by atoms with Gasteiger partial charge < -0.3 is 0 Å². The van der Waals surface area contributed by atoms with Gasteiger partial charge in [-0.2, -0.15) is 5.10 Å². The predicted octanol–water partition coefficient (Wildman–Crippen LogP) is 3.15. The highest BCUT2D eigenvalue weighted by molar-refractivity contribution is 7.92. The van der Waals surface area contributed by atoms with Crippen molar-refractivity contribution in [3.63, 3.8) is 0 Å². The second-order valence-corrected chi connectivity index (χ2v) is 6.89. The van der Waals surface area contributed by atoms with Gasteiger partial charge in [0.1, 0.15) is 5.82 Å². The Bertz CT molecular complexity index is 1000. The van der Waals surface area contributed by atoms with Crippen molar-refractivity contribution in [2.45, 2.75) is 11.4 Å². The van der Waals surface area contributed by atoms with Crippen LogP contribution in [0.4, 0.5) is 19.0 Å². The number of aromatic nitrogens is 2. The molecular weight excluding hydrogens is 355 g/mol. The molecule has 1 aromatic heterocycles. The number of rotatable bonds is 5. The van der Waals surface area contributed by atoms with E-state index >= 15 is 0 Å². The van der Waals surface area contributed by atoms with Crippen molar-refractivity contribution in [2.24, 2.45) is 0 Å². The van der Waals surface area contributed by atoms with Crippen LogP contribution < -0.4 is 4.72 Å². The fourth-order valence-electron chi connectivity index (χ4n) is 2.12. The molecule has 0 fully saturated rings. The van der Waals surface area contributed by atoms with Gasteiger partial charge >= 0.3 is 0 Å². The molecule has 0 saturated heterocycles. The number of anilines is 1. The summed E-state index contributed by atoms with van der Waals surface area (Å²) < 4.78 is 67.0.